The van der Waals surface area contributed by atoms with Crippen molar-refractivity contribution in [3.8, 4) is 0 Å². The Morgan fingerprint density at radius 1 is 1.33 bits per heavy atom. The van der Waals surface area contributed by atoms with Gasteiger partial charge < -0.3 is 19.6 Å². The van der Waals surface area contributed by atoms with Crippen molar-refractivity contribution in [1.82, 2.24) is 9.80 Å². The first-order valence-electron chi connectivity index (χ1n) is 7.38. The highest BCUT2D eigenvalue weighted by Gasteiger charge is 2.42. The maximum absolute atomic E-state index is 12.4. The first kappa shape index (κ1) is 15.6. The summed E-state index contributed by atoms with van der Waals surface area (Å²) >= 11 is 0. The van der Waals surface area contributed by atoms with Crippen LogP contribution in [0.15, 0.2) is 0 Å². The lowest BCUT2D eigenvalue weighted by Gasteiger charge is -2.43. The zero-order valence-electron chi connectivity index (χ0n) is 12.4. The minimum Gasteiger partial charge on any atom is -0.481 e. The molecule has 2 fully saturated rings. The third-order valence-electron chi connectivity index (χ3n) is 4.12. The fourth-order valence-corrected chi connectivity index (χ4v) is 2.45. The van der Waals surface area contributed by atoms with Gasteiger partial charge >= 0.3 is 18.0 Å². The van der Waals surface area contributed by atoms with Gasteiger partial charge in [0.25, 0.3) is 0 Å². The van der Waals surface area contributed by atoms with E-state index in [9.17, 15) is 14.4 Å². The van der Waals surface area contributed by atoms with Crippen LogP contribution in [0.2, 0.25) is 0 Å². The molecular formula is C14H22N2O5. The highest BCUT2D eigenvalue weighted by atomic mass is 16.5. The van der Waals surface area contributed by atoms with Crippen LogP contribution in [0, 0.1) is 11.8 Å². The molecule has 1 atom stereocenters. The van der Waals surface area contributed by atoms with E-state index in [4.69, 9.17) is 9.84 Å². The zero-order chi connectivity index (χ0) is 15.6. The van der Waals surface area contributed by atoms with Crippen LogP contribution in [-0.4, -0.2) is 65.2 Å². The maximum atomic E-state index is 12.4. The predicted octanol–water partition coefficient (Wildman–Crippen LogP) is 0.786. The summed E-state index contributed by atoms with van der Waals surface area (Å²) in [6.45, 7) is 4.55. The number of likely N-dealkylation sites (tertiary alicyclic amines) is 1. The van der Waals surface area contributed by atoms with Crippen molar-refractivity contribution in [3.63, 3.8) is 0 Å². The van der Waals surface area contributed by atoms with Crippen LogP contribution < -0.4 is 0 Å². The zero-order valence-corrected chi connectivity index (χ0v) is 12.4. The number of carboxylic acid groups (broad SMARTS) is 1. The van der Waals surface area contributed by atoms with Gasteiger partial charge in [0.2, 0.25) is 0 Å². The van der Waals surface area contributed by atoms with Gasteiger partial charge in [0.05, 0.1) is 12.5 Å². The lowest BCUT2D eigenvalue weighted by atomic mass is 9.87. The Morgan fingerprint density at radius 2 is 1.95 bits per heavy atom. The second kappa shape index (κ2) is 6.32. The maximum Gasteiger partial charge on any atom is 0.325 e. The molecule has 7 nitrogen and oxygen atoms in total. The molecule has 0 aromatic carbocycles. The molecule has 1 aliphatic heterocycles. The standard InChI is InChI=1S/C14H22N2O5/c1-3-21-12(17)8-16(11-4-5-11)14(20)15-6-10(7-15)9(2)13(18)19/h9-11H,3-8H2,1-2H3,(H,18,19). The molecule has 1 saturated heterocycles. The fourth-order valence-electron chi connectivity index (χ4n) is 2.45. The van der Waals surface area contributed by atoms with Gasteiger partial charge in [0.15, 0.2) is 0 Å². The second-order valence-electron chi connectivity index (χ2n) is 5.74. The average molecular weight is 298 g/mol. The molecule has 21 heavy (non-hydrogen) atoms. The minimum atomic E-state index is -0.835. The van der Waals surface area contributed by atoms with E-state index in [0.29, 0.717) is 19.7 Å². The highest BCUT2D eigenvalue weighted by Crippen LogP contribution is 2.31. The number of carbonyl (C=O) groups is 3. The number of amides is 2. The van der Waals surface area contributed by atoms with Crippen molar-refractivity contribution >= 4 is 18.0 Å². The van der Waals surface area contributed by atoms with E-state index in [1.54, 1.807) is 23.6 Å². The Kier molecular flexibility index (Phi) is 4.69. The molecule has 1 heterocycles. The van der Waals surface area contributed by atoms with E-state index < -0.39 is 17.9 Å². The van der Waals surface area contributed by atoms with Crippen LogP contribution in [-0.2, 0) is 14.3 Å². The summed E-state index contributed by atoms with van der Waals surface area (Å²) in [6.07, 6.45) is 1.82. The summed E-state index contributed by atoms with van der Waals surface area (Å²) in [5.74, 6) is -1.69. The lowest BCUT2D eigenvalue weighted by Crippen LogP contribution is -2.58. The third kappa shape index (κ3) is 3.65. The third-order valence-corrected chi connectivity index (χ3v) is 4.12. The summed E-state index contributed by atoms with van der Waals surface area (Å²) in [5.41, 5.74) is 0. The Morgan fingerprint density at radius 3 is 2.43 bits per heavy atom. The van der Waals surface area contributed by atoms with Gasteiger partial charge in [-0.1, -0.05) is 6.92 Å². The Bertz CT molecular complexity index is 429. The molecule has 1 unspecified atom stereocenters. The van der Waals surface area contributed by atoms with E-state index in [-0.39, 0.29) is 24.5 Å². The van der Waals surface area contributed by atoms with Crippen molar-refractivity contribution < 1.29 is 24.2 Å². The summed E-state index contributed by atoms with van der Waals surface area (Å²) in [7, 11) is 0. The number of aliphatic carboxylic acids is 1. The predicted molar refractivity (Wildman–Crippen MR) is 73.6 cm³/mol. The number of nitrogens with zero attached hydrogens (tertiary/aromatic N) is 2. The summed E-state index contributed by atoms with van der Waals surface area (Å²) in [5, 5.41) is 8.95. The number of ether oxygens (including phenoxy) is 1. The van der Waals surface area contributed by atoms with Crippen molar-refractivity contribution in [2.24, 2.45) is 11.8 Å². The summed E-state index contributed by atoms with van der Waals surface area (Å²) < 4.78 is 4.89. The van der Waals surface area contributed by atoms with Crippen LogP contribution >= 0.6 is 0 Å². The minimum absolute atomic E-state index is 0.00454. The molecule has 0 bridgehead atoms. The molecule has 1 saturated carbocycles. The number of urea groups is 1. The van der Waals surface area contributed by atoms with Crippen LogP contribution in [0.25, 0.3) is 0 Å². The number of carbonyl (C=O) groups excluding carboxylic acids is 2. The topological polar surface area (TPSA) is 87.2 Å². The molecule has 0 radical (unpaired) electrons. The van der Waals surface area contributed by atoms with Gasteiger partial charge in [0, 0.05) is 25.0 Å². The van der Waals surface area contributed by atoms with Gasteiger partial charge in [-0.05, 0) is 19.8 Å². The monoisotopic (exact) mass is 298 g/mol. The molecule has 1 N–H and O–H groups in total. The van der Waals surface area contributed by atoms with Gasteiger partial charge in [-0.25, -0.2) is 4.79 Å². The summed E-state index contributed by atoms with van der Waals surface area (Å²) in [6, 6.07) is -0.0581. The van der Waals surface area contributed by atoms with E-state index in [0.717, 1.165) is 12.8 Å². The summed E-state index contributed by atoms with van der Waals surface area (Å²) in [4.78, 5) is 38.0. The molecular weight excluding hydrogens is 276 g/mol. The largest absolute Gasteiger partial charge is 0.481 e. The van der Waals surface area contributed by atoms with Gasteiger partial charge in [0.1, 0.15) is 6.54 Å². The molecule has 2 rings (SSSR count). The molecule has 118 valence electrons. The van der Waals surface area contributed by atoms with Crippen molar-refractivity contribution in [2.45, 2.75) is 32.7 Å². The Hall–Kier alpha value is -1.79. The quantitative estimate of drug-likeness (QED) is 0.732. The molecule has 0 aromatic heterocycles. The van der Waals surface area contributed by atoms with Crippen LogP contribution in [0.1, 0.15) is 26.7 Å². The normalized spacial score (nSPS) is 19.6. The van der Waals surface area contributed by atoms with Gasteiger partial charge in [-0.3, -0.25) is 9.59 Å². The number of hydrogen-bond donors (Lipinski definition) is 1. The average Bonchev–Trinajstić information content (AvgIpc) is 3.18. The molecule has 1 aliphatic carbocycles. The molecule has 7 heteroatoms. The Balaban J connectivity index is 1.86. The molecule has 2 amide bonds. The van der Waals surface area contributed by atoms with Gasteiger partial charge in [-0.15, -0.1) is 0 Å². The highest BCUT2D eigenvalue weighted by molar-refractivity contribution is 5.82. The van der Waals surface area contributed by atoms with Crippen molar-refractivity contribution in [2.75, 3.05) is 26.2 Å². The lowest BCUT2D eigenvalue weighted by molar-refractivity contribution is -0.144. The molecule has 0 spiro atoms. The fraction of sp³-hybridized carbons (Fsp3) is 0.786. The number of rotatable bonds is 6. The first-order chi connectivity index (χ1) is 9.93. The van der Waals surface area contributed by atoms with Crippen LogP contribution in [0.3, 0.4) is 0 Å². The SMILES string of the molecule is CCOC(=O)CN(C(=O)N1CC(C(C)C(=O)O)C1)C1CC1. The van der Waals surface area contributed by atoms with Crippen molar-refractivity contribution in [3.05, 3.63) is 0 Å². The van der Waals surface area contributed by atoms with Crippen LogP contribution in [0.4, 0.5) is 4.79 Å². The van der Waals surface area contributed by atoms with Crippen molar-refractivity contribution in [1.29, 1.82) is 0 Å². The van der Waals surface area contributed by atoms with E-state index in [1.165, 1.54) is 0 Å². The van der Waals surface area contributed by atoms with E-state index in [1.807, 2.05) is 0 Å². The molecule has 2 aliphatic rings. The van der Waals surface area contributed by atoms with E-state index in [2.05, 4.69) is 0 Å². The number of esters is 1. The molecule has 0 aromatic rings. The first-order valence-corrected chi connectivity index (χ1v) is 7.38. The van der Waals surface area contributed by atoms with Gasteiger partial charge in [-0.2, -0.15) is 0 Å². The number of carboxylic acids is 1. The second-order valence-corrected chi connectivity index (χ2v) is 5.74. The Labute approximate surface area is 123 Å². The number of hydrogen-bond acceptors (Lipinski definition) is 4. The van der Waals surface area contributed by atoms with E-state index >= 15 is 0 Å². The van der Waals surface area contributed by atoms with Crippen LogP contribution in [0.5, 0.6) is 0 Å². The smallest absolute Gasteiger partial charge is 0.325 e.